The average molecular weight is 279 g/mol. The zero-order chi connectivity index (χ0) is 14.1. The first-order chi connectivity index (χ1) is 10.4. The molecule has 0 spiro atoms. The molecule has 0 saturated carbocycles. The van der Waals surface area contributed by atoms with E-state index in [4.69, 9.17) is 0 Å². The fourth-order valence-electron chi connectivity index (χ4n) is 2.74. The second-order valence-corrected chi connectivity index (χ2v) is 5.28. The highest BCUT2D eigenvalue weighted by Gasteiger charge is 2.11. The summed E-state index contributed by atoms with van der Waals surface area (Å²) in [4.78, 5) is 14.5. The molecule has 3 aromatic rings. The van der Waals surface area contributed by atoms with Crippen molar-refractivity contribution in [3.05, 3.63) is 42.9 Å². The Morgan fingerprint density at radius 3 is 2.62 bits per heavy atom. The zero-order valence-corrected chi connectivity index (χ0v) is 11.7. The van der Waals surface area contributed by atoms with Gasteiger partial charge in [0.25, 0.3) is 0 Å². The third kappa shape index (κ3) is 2.36. The van der Waals surface area contributed by atoms with Crippen LogP contribution in [0.1, 0.15) is 0 Å². The lowest BCUT2D eigenvalue weighted by atomic mass is 10.1. The number of aromatic amines is 1. The Bertz CT molecular complexity index is 741. The first-order valence-electron chi connectivity index (χ1n) is 7.25. The molecule has 0 aliphatic carbocycles. The van der Waals surface area contributed by atoms with E-state index >= 15 is 0 Å². The van der Waals surface area contributed by atoms with Crippen molar-refractivity contribution in [2.24, 2.45) is 0 Å². The number of fused-ring (bicyclic) bond motifs is 1. The van der Waals surface area contributed by atoms with Gasteiger partial charge in [-0.05, 0) is 24.3 Å². The molecule has 0 radical (unpaired) electrons. The van der Waals surface area contributed by atoms with Crippen molar-refractivity contribution < 1.29 is 0 Å². The first kappa shape index (κ1) is 12.3. The maximum Gasteiger partial charge on any atom is 0.137 e. The van der Waals surface area contributed by atoms with Crippen LogP contribution in [0.5, 0.6) is 0 Å². The first-order valence-corrected chi connectivity index (χ1v) is 7.25. The fraction of sp³-hybridized carbons (Fsp3) is 0.250. The molecule has 1 aliphatic rings. The normalized spacial score (nSPS) is 15.5. The summed E-state index contributed by atoms with van der Waals surface area (Å²) in [6.45, 7) is 4.08. The molecule has 4 rings (SSSR count). The Morgan fingerprint density at radius 1 is 0.952 bits per heavy atom. The lowest BCUT2D eigenvalue weighted by Crippen LogP contribution is -2.43. The summed E-state index contributed by atoms with van der Waals surface area (Å²) >= 11 is 0. The van der Waals surface area contributed by atoms with Crippen LogP contribution in [0, 0.1) is 0 Å². The van der Waals surface area contributed by atoms with Crippen LogP contribution in [0.2, 0.25) is 0 Å². The number of rotatable bonds is 2. The van der Waals surface area contributed by atoms with Crippen LogP contribution in [-0.2, 0) is 0 Å². The molecule has 1 aliphatic heterocycles. The molecule has 0 amide bonds. The molecule has 106 valence electrons. The van der Waals surface area contributed by atoms with E-state index in [-0.39, 0.29) is 0 Å². The number of piperazine rings is 1. The second kappa shape index (κ2) is 5.18. The van der Waals surface area contributed by atoms with Crippen molar-refractivity contribution in [1.29, 1.82) is 0 Å². The Balaban J connectivity index is 1.62. The molecule has 3 aromatic heterocycles. The van der Waals surface area contributed by atoms with Gasteiger partial charge in [0.1, 0.15) is 11.5 Å². The number of nitrogens with one attached hydrogen (secondary N) is 2. The lowest BCUT2D eigenvalue weighted by molar-refractivity contribution is 0.585. The second-order valence-electron chi connectivity index (χ2n) is 5.28. The molecule has 1 fully saturated rings. The van der Waals surface area contributed by atoms with E-state index in [1.165, 1.54) is 0 Å². The number of hydrogen-bond donors (Lipinski definition) is 2. The highest BCUT2D eigenvalue weighted by atomic mass is 15.2. The Kier molecular flexibility index (Phi) is 3.05. The van der Waals surface area contributed by atoms with Crippen LogP contribution in [0.25, 0.3) is 22.2 Å². The van der Waals surface area contributed by atoms with Gasteiger partial charge in [-0.1, -0.05) is 0 Å². The number of H-pyrrole nitrogens is 1. The average Bonchev–Trinajstić information content (AvgIpc) is 3.03. The smallest absolute Gasteiger partial charge is 0.137 e. The minimum absolute atomic E-state index is 0.921. The van der Waals surface area contributed by atoms with E-state index in [1.807, 2.05) is 24.7 Å². The molecule has 0 bridgehead atoms. The monoisotopic (exact) mass is 279 g/mol. The van der Waals surface area contributed by atoms with Gasteiger partial charge in [0, 0.05) is 61.3 Å². The number of nitrogens with zero attached hydrogens (tertiary/aromatic N) is 3. The number of anilines is 1. The van der Waals surface area contributed by atoms with E-state index in [0.29, 0.717) is 0 Å². The van der Waals surface area contributed by atoms with Gasteiger partial charge in [-0.2, -0.15) is 0 Å². The SMILES string of the molecule is c1cc2cc(-c3ccc(N4CCNCC4)nc3)cnc2[nH]1. The van der Waals surface area contributed by atoms with Crippen LogP contribution >= 0.6 is 0 Å². The van der Waals surface area contributed by atoms with Crippen LogP contribution in [0.15, 0.2) is 42.9 Å². The predicted molar refractivity (Wildman–Crippen MR) is 84.4 cm³/mol. The number of hydrogen-bond acceptors (Lipinski definition) is 4. The minimum atomic E-state index is 0.921. The van der Waals surface area contributed by atoms with Gasteiger partial charge in [0.2, 0.25) is 0 Å². The van der Waals surface area contributed by atoms with Gasteiger partial charge in [0.15, 0.2) is 0 Å². The van der Waals surface area contributed by atoms with E-state index in [0.717, 1.165) is 54.2 Å². The van der Waals surface area contributed by atoms with Crippen molar-refractivity contribution in [2.45, 2.75) is 0 Å². The van der Waals surface area contributed by atoms with Crippen LogP contribution in [0.4, 0.5) is 5.82 Å². The molecule has 2 N–H and O–H groups in total. The van der Waals surface area contributed by atoms with E-state index in [2.05, 4.69) is 43.4 Å². The van der Waals surface area contributed by atoms with Crippen molar-refractivity contribution in [3.63, 3.8) is 0 Å². The van der Waals surface area contributed by atoms with Gasteiger partial charge in [-0.25, -0.2) is 9.97 Å². The number of pyridine rings is 2. The summed E-state index contributed by atoms with van der Waals surface area (Å²) in [6, 6.07) is 8.40. The van der Waals surface area contributed by atoms with Gasteiger partial charge in [-0.15, -0.1) is 0 Å². The molecule has 0 aromatic carbocycles. The number of aromatic nitrogens is 3. The molecule has 21 heavy (non-hydrogen) atoms. The van der Waals surface area contributed by atoms with Gasteiger partial charge < -0.3 is 15.2 Å². The molecule has 0 atom stereocenters. The summed E-state index contributed by atoms with van der Waals surface area (Å²) < 4.78 is 0. The van der Waals surface area contributed by atoms with E-state index in [9.17, 15) is 0 Å². The summed E-state index contributed by atoms with van der Waals surface area (Å²) in [7, 11) is 0. The maximum atomic E-state index is 4.61. The maximum absolute atomic E-state index is 4.61. The highest BCUT2D eigenvalue weighted by Crippen LogP contribution is 2.23. The Morgan fingerprint density at radius 2 is 1.81 bits per heavy atom. The molecule has 5 nitrogen and oxygen atoms in total. The summed E-state index contributed by atoms with van der Waals surface area (Å²) in [5, 5.41) is 4.48. The third-order valence-corrected chi connectivity index (χ3v) is 3.92. The standard InChI is InChI=1S/C16H17N5/c1-2-15(21-7-5-17-6-8-21)19-10-13(1)14-9-12-3-4-18-16(12)20-11-14/h1-4,9-11,17H,5-8H2,(H,18,20). The summed E-state index contributed by atoms with van der Waals surface area (Å²) in [6.07, 6.45) is 5.74. The largest absolute Gasteiger partial charge is 0.354 e. The molecule has 1 saturated heterocycles. The van der Waals surface area contributed by atoms with Gasteiger partial charge >= 0.3 is 0 Å². The Hall–Kier alpha value is -2.40. The third-order valence-electron chi connectivity index (χ3n) is 3.92. The summed E-state index contributed by atoms with van der Waals surface area (Å²) in [5.41, 5.74) is 3.12. The topological polar surface area (TPSA) is 56.8 Å². The summed E-state index contributed by atoms with van der Waals surface area (Å²) in [5.74, 6) is 1.05. The van der Waals surface area contributed by atoms with Crippen molar-refractivity contribution in [2.75, 3.05) is 31.1 Å². The zero-order valence-electron chi connectivity index (χ0n) is 11.7. The highest BCUT2D eigenvalue weighted by molar-refractivity contribution is 5.81. The minimum Gasteiger partial charge on any atom is -0.354 e. The molecular formula is C16H17N5. The van der Waals surface area contributed by atoms with Gasteiger partial charge in [-0.3, -0.25) is 0 Å². The fourth-order valence-corrected chi connectivity index (χ4v) is 2.74. The van der Waals surface area contributed by atoms with E-state index < -0.39 is 0 Å². The van der Waals surface area contributed by atoms with Crippen LogP contribution in [0.3, 0.4) is 0 Å². The van der Waals surface area contributed by atoms with Crippen LogP contribution < -0.4 is 10.2 Å². The predicted octanol–water partition coefficient (Wildman–Crippen LogP) is 2.03. The molecular weight excluding hydrogens is 262 g/mol. The Labute approximate surface area is 123 Å². The van der Waals surface area contributed by atoms with Crippen LogP contribution in [-0.4, -0.2) is 41.1 Å². The van der Waals surface area contributed by atoms with Crippen molar-refractivity contribution >= 4 is 16.9 Å². The molecule has 5 heteroatoms. The molecule has 4 heterocycles. The molecule has 0 unspecified atom stereocenters. The lowest BCUT2D eigenvalue weighted by Gasteiger charge is -2.28. The van der Waals surface area contributed by atoms with Crippen molar-refractivity contribution in [3.8, 4) is 11.1 Å². The van der Waals surface area contributed by atoms with E-state index in [1.54, 1.807) is 0 Å². The van der Waals surface area contributed by atoms with Gasteiger partial charge in [0.05, 0.1) is 0 Å². The van der Waals surface area contributed by atoms with Crippen molar-refractivity contribution in [1.82, 2.24) is 20.3 Å². The quantitative estimate of drug-likeness (QED) is 0.753.